The lowest BCUT2D eigenvalue weighted by atomic mass is 10.2. The molecule has 1 rings (SSSR count). The quantitative estimate of drug-likeness (QED) is 0.577. The summed E-state index contributed by atoms with van der Waals surface area (Å²) in [7, 11) is 0. The number of amides is 3. The second kappa shape index (κ2) is 10.1. The largest absolute Gasteiger partial charge is 0.439 e. The van der Waals surface area contributed by atoms with Crippen molar-refractivity contribution in [3.63, 3.8) is 0 Å². The summed E-state index contributed by atoms with van der Waals surface area (Å²) in [4.78, 5) is 37.0. The number of ether oxygens (including phenoxy) is 1. The van der Waals surface area contributed by atoms with Crippen molar-refractivity contribution in [3.8, 4) is 0 Å². The first-order valence-corrected chi connectivity index (χ1v) is 6.82. The minimum Gasteiger partial charge on any atom is -0.439 e. The van der Waals surface area contributed by atoms with E-state index in [1.165, 1.54) is 6.42 Å². The number of primary amides is 1. The number of carbonyl (C=O) groups is 3. The molecule has 0 unspecified atom stereocenters. The lowest BCUT2D eigenvalue weighted by Gasteiger charge is -2.05. The Balaban J connectivity index is 2.00. The van der Waals surface area contributed by atoms with Gasteiger partial charge in [-0.2, -0.15) is 0 Å². The van der Waals surface area contributed by atoms with E-state index in [0.29, 0.717) is 25.2 Å². The Hall–Kier alpha value is -2.64. The molecule has 0 saturated heterocycles. The molecule has 1 heterocycles. The standard InChI is InChI=1S/C14H19N4O4/c15-11(19)10-22-14(21)17-9-4-1-2-7-13(20)18-12-6-3-5-8-16-12/h3,5-8H,1-2,4,9-10H2,(H2,15,19)(H,17,21)(H,16,18,20). The molecule has 0 bridgehead atoms. The molecule has 3 amide bonds. The molecule has 0 aromatic carbocycles. The highest BCUT2D eigenvalue weighted by Crippen LogP contribution is 2.03. The summed E-state index contributed by atoms with van der Waals surface area (Å²) in [5, 5.41) is 5.11. The molecule has 1 radical (unpaired) electrons. The highest BCUT2D eigenvalue weighted by molar-refractivity contribution is 5.96. The molecule has 0 fully saturated rings. The van der Waals surface area contributed by atoms with Gasteiger partial charge in [-0.25, -0.2) is 9.78 Å². The highest BCUT2D eigenvalue weighted by Gasteiger charge is 2.05. The molecule has 0 atom stereocenters. The van der Waals surface area contributed by atoms with Crippen LogP contribution in [0.2, 0.25) is 0 Å². The molecule has 8 nitrogen and oxygen atoms in total. The van der Waals surface area contributed by atoms with Crippen LogP contribution in [-0.4, -0.2) is 36.0 Å². The molecular weight excluding hydrogens is 288 g/mol. The first kappa shape index (κ1) is 17.4. The number of pyridine rings is 1. The van der Waals surface area contributed by atoms with Crippen molar-refractivity contribution in [1.29, 1.82) is 0 Å². The van der Waals surface area contributed by atoms with Crippen molar-refractivity contribution in [2.45, 2.75) is 19.3 Å². The minimum atomic E-state index is -0.705. The zero-order chi connectivity index (χ0) is 16.2. The maximum Gasteiger partial charge on any atom is 0.407 e. The van der Waals surface area contributed by atoms with Crippen molar-refractivity contribution in [2.24, 2.45) is 5.73 Å². The van der Waals surface area contributed by atoms with Crippen LogP contribution in [0.15, 0.2) is 24.4 Å². The Labute approximate surface area is 128 Å². The number of alkyl carbamates (subject to hydrolysis) is 1. The fourth-order valence-corrected chi connectivity index (χ4v) is 1.49. The number of hydrogen-bond donors (Lipinski definition) is 3. The van der Waals surface area contributed by atoms with Crippen LogP contribution in [0.4, 0.5) is 10.6 Å². The average Bonchev–Trinajstić information content (AvgIpc) is 2.49. The number of unbranched alkanes of at least 4 members (excludes halogenated alkanes) is 2. The Morgan fingerprint density at radius 2 is 2.09 bits per heavy atom. The SMILES string of the molecule is NC(=O)COC(=O)NCCCC[CH]C(=O)Nc1ccccn1. The number of rotatable bonds is 9. The van der Waals surface area contributed by atoms with E-state index in [4.69, 9.17) is 5.73 Å². The van der Waals surface area contributed by atoms with E-state index < -0.39 is 18.6 Å². The molecule has 0 aliphatic heterocycles. The third-order valence-electron chi connectivity index (χ3n) is 2.49. The van der Waals surface area contributed by atoms with Gasteiger partial charge in [0, 0.05) is 19.2 Å². The molecule has 0 saturated carbocycles. The van der Waals surface area contributed by atoms with Crippen molar-refractivity contribution in [1.82, 2.24) is 10.3 Å². The number of anilines is 1. The molecule has 119 valence electrons. The van der Waals surface area contributed by atoms with Crippen LogP contribution < -0.4 is 16.4 Å². The second-order valence-corrected chi connectivity index (χ2v) is 4.37. The molecule has 0 aliphatic carbocycles. The smallest absolute Gasteiger partial charge is 0.407 e. The first-order chi connectivity index (χ1) is 10.6. The van der Waals surface area contributed by atoms with Gasteiger partial charge in [-0.15, -0.1) is 0 Å². The van der Waals surface area contributed by atoms with Crippen molar-refractivity contribution < 1.29 is 19.1 Å². The third-order valence-corrected chi connectivity index (χ3v) is 2.49. The zero-order valence-electron chi connectivity index (χ0n) is 12.1. The molecule has 0 aliphatic rings. The Kier molecular flexibility index (Phi) is 8.02. The summed E-state index contributed by atoms with van der Waals surface area (Å²) >= 11 is 0. The van der Waals surface area contributed by atoms with Gasteiger partial charge in [-0.05, 0) is 25.0 Å². The van der Waals surface area contributed by atoms with E-state index in [1.807, 2.05) is 0 Å². The maximum absolute atomic E-state index is 11.6. The summed E-state index contributed by atoms with van der Waals surface area (Å²) in [6, 6.07) is 5.25. The van der Waals surface area contributed by atoms with Gasteiger partial charge in [0.15, 0.2) is 6.61 Å². The van der Waals surface area contributed by atoms with E-state index in [1.54, 1.807) is 24.4 Å². The van der Waals surface area contributed by atoms with E-state index in [-0.39, 0.29) is 5.91 Å². The van der Waals surface area contributed by atoms with Crippen LogP contribution in [-0.2, 0) is 14.3 Å². The van der Waals surface area contributed by atoms with Gasteiger partial charge < -0.3 is 21.1 Å². The third kappa shape index (κ3) is 8.51. The van der Waals surface area contributed by atoms with E-state index in [0.717, 1.165) is 6.42 Å². The predicted molar refractivity (Wildman–Crippen MR) is 79.6 cm³/mol. The van der Waals surface area contributed by atoms with Crippen molar-refractivity contribution in [3.05, 3.63) is 30.8 Å². The van der Waals surface area contributed by atoms with E-state index >= 15 is 0 Å². The fraction of sp³-hybridized carbons (Fsp3) is 0.357. The van der Waals surface area contributed by atoms with Crippen molar-refractivity contribution in [2.75, 3.05) is 18.5 Å². The Morgan fingerprint density at radius 1 is 1.27 bits per heavy atom. The molecule has 1 aromatic heterocycles. The minimum absolute atomic E-state index is 0.215. The normalized spacial score (nSPS) is 9.82. The number of hydrogen-bond acceptors (Lipinski definition) is 5. The Bertz CT molecular complexity index is 493. The highest BCUT2D eigenvalue weighted by atomic mass is 16.6. The number of nitrogens with zero attached hydrogens (tertiary/aromatic N) is 1. The topological polar surface area (TPSA) is 123 Å². The van der Waals surface area contributed by atoms with Gasteiger partial charge in [0.25, 0.3) is 5.91 Å². The van der Waals surface area contributed by atoms with Gasteiger partial charge in [0.2, 0.25) is 5.91 Å². The summed E-state index contributed by atoms with van der Waals surface area (Å²) in [5.41, 5.74) is 4.83. The van der Waals surface area contributed by atoms with Gasteiger partial charge in [-0.1, -0.05) is 12.5 Å². The molecule has 22 heavy (non-hydrogen) atoms. The predicted octanol–water partition coefficient (Wildman–Crippen LogP) is 0.606. The van der Waals surface area contributed by atoms with Crippen LogP contribution in [0, 0.1) is 6.42 Å². The lowest BCUT2D eigenvalue weighted by molar-refractivity contribution is -0.120. The fourth-order valence-electron chi connectivity index (χ4n) is 1.49. The van der Waals surface area contributed by atoms with Crippen LogP contribution in [0.3, 0.4) is 0 Å². The molecule has 1 aromatic rings. The molecule has 8 heteroatoms. The molecule has 0 spiro atoms. The number of nitrogens with two attached hydrogens (primary N) is 1. The zero-order valence-corrected chi connectivity index (χ0v) is 12.1. The summed E-state index contributed by atoms with van der Waals surface area (Å²) in [6.07, 6.45) is 4.43. The second-order valence-electron chi connectivity index (χ2n) is 4.37. The first-order valence-electron chi connectivity index (χ1n) is 6.82. The summed E-state index contributed by atoms with van der Waals surface area (Å²) in [5.74, 6) is -0.418. The van der Waals surface area contributed by atoms with Crippen LogP contribution >= 0.6 is 0 Å². The number of aromatic nitrogens is 1. The van der Waals surface area contributed by atoms with Gasteiger partial charge >= 0.3 is 6.09 Å². The Morgan fingerprint density at radius 3 is 2.77 bits per heavy atom. The van der Waals surface area contributed by atoms with Crippen molar-refractivity contribution >= 4 is 23.7 Å². The van der Waals surface area contributed by atoms with Gasteiger partial charge in [0.1, 0.15) is 5.82 Å². The molecule has 4 N–H and O–H groups in total. The summed E-state index contributed by atoms with van der Waals surface area (Å²) in [6.45, 7) is -0.0411. The van der Waals surface area contributed by atoms with Gasteiger partial charge in [-0.3, -0.25) is 9.59 Å². The average molecular weight is 307 g/mol. The van der Waals surface area contributed by atoms with E-state index in [9.17, 15) is 14.4 Å². The van der Waals surface area contributed by atoms with Crippen LogP contribution in [0.25, 0.3) is 0 Å². The summed E-state index contributed by atoms with van der Waals surface area (Å²) < 4.78 is 4.51. The van der Waals surface area contributed by atoms with E-state index in [2.05, 4.69) is 20.4 Å². The van der Waals surface area contributed by atoms with Crippen LogP contribution in [0.1, 0.15) is 19.3 Å². The van der Waals surface area contributed by atoms with Crippen LogP contribution in [0.5, 0.6) is 0 Å². The number of carbonyl (C=O) groups excluding carboxylic acids is 3. The maximum atomic E-state index is 11.6. The lowest BCUT2D eigenvalue weighted by Crippen LogP contribution is -2.29. The number of nitrogens with one attached hydrogen (secondary N) is 2. The van der Waals surface area contributed by atoms with Gasteiger partial charge in [0.05, 0.1) is 0 Å². The molecular formula is C14H19N4O4. The monoisotopic (exact) mass is 307 g/mol.